The second kappa shape index (κ2) is 5.70. The SMILES string of the molecule is C1=CC=C2CCCC2C=C1.c1ccc2[nH]ncc2c1. The Kier molecular flexibility index (Phi) is 3.59. The number of aromatic amines is 1. The van der Waals surface area contributed by atoms with Crippen LogP contribution in [0.4, 0.5) is 0 Å². The lowest BCUT2D eigenvalue weighted by atomic mass is 10.0. The molecule has 2 aliphatic rings. The largest absolute Gasteiger partial charge is 0.278 e. The highest BCUT2D eigenvalue weighted by Crippen LogP contribution is 2.32. The minimum Gasteiger partial charge on any atom is -0.278 e. The van der Waals surface area contributed by atoms with Crippen molar-refractivity contribution >= 4 is 10.9 Å². The van der Waals surface area contributed by atoms with E-state index in [1.807, 2.05) is 30.5 Å². The zero-order valence-electron chi connectivity index (χ0n) is 10.9. The molecule has 1 heterocycles. The number of aromatic nitrogens is 2. The molecule has 1 atom stereocenters. The second-order valence-electron chi connectivity index (χ2n) is 4.97. The van der Waals surface area contributed by atoms with Crippen molar-refractivity contribution in [3.05, 3.63) is 66.4 Å². The molecule has 0 amide bonds. The van der Waals surface area contributed by atoms with E-state index in [2.05, 4.69) is 40.6 Å². The van der Waals surface area contributed by atoms with Gasteiger partial charge in [-0.15, -0.1) is 0 Å². The maximum Gasteiger partial charge on any atom is 0.0650 e. The number of fused-ring (bicyclic) bond motifs is 2. The second-order valence-corrected chi connectivity index (χ2v) is 4.97. The highest BCUT2D eigenvalue weighted by atomic mass is 15.1. The van der Waals surface area contributed by atoms with Crippen LogP contribution in [0, 0.1) is 5.92 Å². The van der Waals surface area contributed by atoms with E-state index in [1.54, 1.807) is 5.57 Å². The maximum absolute atomic E-state index is 3.88. The van der Waals surface area contributed by atoms with Crippen LogP contribution in [0.25, 0.3) is 10.9 Å². The summed E-state index contributed by atoms with van der Waals surface area (Å²) in [7, 11) is 0. The van der Waals surface area contributed by atoms with E-state index < -0.39 is 0 Å². The van der Waals surface area contributed by atoms with Crippen LogP contribution < -0.4 is 0 Å². The molecule has 0 spiro atoms. The molecule has 2 heteroatoms. The normalized spacial score (nSPS) is 20.4. The van der Waals surface area contributed by atoms with Crippen LogP contribution in [-0.2, 0) is 0 Å². The van der Waals surface area contributed by atoms with Gasteiger partial charge in [0, 0.05) is 5.39 Å². The first-order valence-corrected chi connectivity index (χ1v) is 6.85. The third kappa shape index (κ3) is 2.84. The first-order valence-electron chi connectivity index (χ1n) is 6.85. The summed E-state index contributed by atoms with van der Waals surface area (Å²) in [5.74, 6) is 0.773. The zero-order valence-corrected chi connectivity index (χ0v) is 10.9. The van der Waals surface area contributed by atoms with Gasteiger partial charge in [0.05, 0.1) is 11.7 Å². The standard InChI is InChI=1S/C10H12.C7H6N2/c1-2-5-9-7-4-8-10(9)6-3-1;1-2-4-7-6(3-1)5-8-9-7/h1-3,5-6,9H,4,7-8H2;1-5H,(H,8,9). The fraction of sp³-hybridized carbons (Fsp3) is 0.235. The molecule has 19 heavy (non-hydrogen) atoms. The van der Waals surface area contributed by atoms with Gasteiger partial charge in [-0.3, -0.25) is 5.10 Å². The third-order valence-corrected chi connectivity index (χ3v) is 3.68. The Labute approximate surface area is 113 Å². The summed E-state index contributed by atoms with van der Waals surface area (Å²) in [6, 6.07) is 8.01. The first-order chi connectivity index (χ1) is 9.43. The lowest BCUT2D eigenvalue weighted by Gasteiger charge is -2.02. The Morgan fingerprint density at radius 3 is 3.00 bits per heavy atom. The van der Waals surface area contributed by atoms with Crippen LogP contribution in [-0.4, -0.2) is 10.2 Å². The van der Waals surface area contributed by atoms with Crippen molar-refractivity contribution in [2.75, 3.05) is 0 Å². The van der Waals surface area contributed by atoms with Gasteiger partial charge in [0.2, 0.25) is 0 Å². The molecule has 0 bridgehead atoms. The molecular weight excluding hydrogens is 232 g/mol. The Morgan fingerprint density at radius 2 is 2.05 bits per heavy atom. The number of hydrogen-bond acceptors (Lipinski definition) is 1. The molecule has 1 saturated carbocycles. The van der Waals surface area contributed by atoms with E-state index in [9.17, 15) is 0 Å². The van der Waals surface area contributed by atoms with Gasteiger partial charge in [-0.1, -0.05) is 54.2 Å². The fourth-order valence-electron chi connectivity index (χ4n) is 2.65. The van der Waals surface area contributed by atoms with E-state index in [1.165, 1.54) is 19.3 Å². The van der Waals surface area contributed by atoms with Crippen LogP contribution >= 0.6 is 0 Å². The molecule has 0 saturated heterocycles. The average molecular weight is 250 g/mol. The predicted molar refractivity (Wildman–Crippen MR) is 79.8 cm³/mol. The highest BCUT2D eigenvalue weighted by Gasteiger charge is 2.17. The molecule has 96 valence electrons. The van der Waals surface area contributed by atoms with E-state index in [0.29, 0.717) is 0 Å². The van der Waals surface area contributed by atoms with Gasteiger partial charge in [-0.05, 0) is 31.2 Å². The van der Waals surface area contributed by atoms with E-state index in [-0.39, 0.29) is 0 Å². The van der Waals surface area contributed by atoms with Gasteiger partial charge in [0.15, 0.2) is 0 Å². The smallest absolute Gasteiger partial charge is 0.0650 e. The molecule has 2 aromatic rings. The van der Waals surface area contributed by atoms with Crippen LogP contribution in [0.1, 0.15) is 19.3 Å². The van der Waals surface area contributed by atoms with Crippen molar-refractivity contribution in [3.8, 4) is 0 Å². The molecule has 1 aromatic heterocycles. The summed E-state index contributed by atoms with van der Waals surface area (Å²) in [6.07, 6.45) is 16.9. The summed E-state index contributed by atoms with van der Waals surface area (Å²) < 4.78 is 0. The van der Waals surface area contributed by atoms with Gasteiger partial charge >= 0.3 is 0 Å². The maximum atomic E-state index is 3.88. The van der Waals surface area contributed by atoms with Crippen molar-refractivity contribution in [1.82, 2.24) is 10.2 Å². The molecule has 1 fully saturated rings. The highest BCUT2D eigenvalue weighted by molar-refractivity contribution is 5.77. The van der Waals surface area contributed by atoms with Crippen LogP contribution in [0.5, 0.6) is 0 Å². The van der Waals surface area contributed by atoms with Gasteiger partial charge in [0.1, 0.15) is 0 Å². The topological polar surface area (TPSA) is 28.7 Å². The van der Waals surface area contributed by atoms with Crippen molar-refractivity contribution < 1.29 is 0 Å². The number of nitrogens with one attached hydrogen (secondary N) is 1. The number of nitrogens with zero attached hydrogens (tertiary/aromatic N) is 1. The van der Waals surface area contributed by atoms with Gasteiger partial charge in [0.25, 0.3) is 0 Å². The van der Waals surface area contributed by atoms with Gasteiger partial charge in [-0.25, -0.2) is 0 Å². The molecule has 0 aliphatic heterocycles. The Bertz CT molecular complexity index is 601. The lowest BCUT2D eigenvalue weighted by Crippen LogP contribution is -1.88. The summed E-state index contributed by atoms with van der Waals surface area (Å²) in [5.41, 5.74) is 2.72. The molecule has 1 N–H and O–H groups in total. The zero-order chi connectivity index (χ0) is 12.9. The van der Waals surface area contributed by atoms with E-state index in [4.69, 9.17) is 0 Å². The minimum absolute atomic E-state index is 0.773. The Hall–Kier alpha value is -2.09. The Balaban J connectivity index is 0.000000117. The number of allylic oxidation sites excluding steroid dienone is 6. The Morgan fingerprint density at radius 1 is 1.11 bits per heavy atom. The number of rotatable bonds is 0. The summed E-state index contributed by atoms with van der Waals surface area (Å²) in [5, 5.41) is 7.91. The van der Waals surface area contributed by atoms with Gasteiger partial charge < -0.3 is 0 Å². The van der Waals surface area contributed by atoms with Crippen LogP contribution in [0.2, 0.25) is 0 Å². The van der Waals surface area contributed by atoms with Crippen molar-refractivity contribution in [2.45, 2.75) is 19.3 Å². The lowest BCUT2D eigenvalue weighted by molar-refractivity contribution is 0.766. The predicted octanol–water partition coefficient (Wildman–Crippen LogP) is 4.40. The number of H-pyrrole nitrogens is 1. The van der Waals surface area contributed by atoms with E-state index >= 15 is 0 Å². The molecule has 4 rings (SSSR count). The molecule has 0 radical (unpaired) electrons. The van der Waals surface area contributed by atoms with Crippen molar-refractivity contribution in [2.24, 2.45) is 5.92 Å². The van der Waals surface area contributed by atoms with Crippen molar-refractivity contribution in [3.63, 3.8) is 0 Å². The number of benzene rings is 1. The molecule has 1 aromatic carbocycles. The summed E-state index contributed by atoms with van der Waals surface area (Å²) in [4.78, 5) is 0. The first kappa shape index (κ1) is 12.0. The molecule has 2 aliphatic carbocycles. The summed E-state index contributed by atoms with van der Waals surface area (Å²) in [6.45, 7) is 0. The van der Waals surface area contributed by atoms with Crippen LogP contribution in [0.3, 0.4) is 0 Å². The number of para-hydroxylation sites is 1. The molecule has 1 unspecified atom stereocenters. The monoisotopic (exact) mass is 250 g/mol. The molecule has 2 nitrogen and oxygen atoms in total. The quantitative estimate of drug-likeness (QED) is 0.737. The fourth-order valence-corrected chi connectivity index (χ4v) is 2.65. The summed E-state index contributed by atoms with van der Waals surface area (Å²) >= 11 is 0. The number of hydrogen-bond donors (Lipinski definition) is 1. The van der Waals surface area contributed by atoms with Crippen LogP contribution in [0.15, 0.2) is 66.4 Å². The average Bonchev–Trinajstić information content (AvgIpc) is 3.04. The van der Waals surface area contributed by atoms with Crippen molar-refractivity contribution in [1.29, 1.82) is 0 Å². The van der Waals surface area contributed by atoms with Gasteiger partial charge in [-0.2, -0.15) is 5.10 Å². The third-order valence-electron chi connectivity index (χ3n) is 3.68. The van der Waals surface area contributed by atoms with E-state index in [0.717, 1.165) is 16.8 Å². The molecular formula is C17H18N2. The minimum atomic E-state index is 0.773.